The molecule has 1 amide bonds. The molecule has 1 aromatic heterocycles. The molecule has 1 aromatic carbocycles. The molecule has 0 radical (unpaired) electrons. The van der Waals surface area contributed by atoms with E-state index >= 15 is 0 Å². The summed E-state index contributed by atoms with van der Waals surface area (Å²) in [6, 6.07) is 7.68. The Bertz CT molecular complexity index is 762. The number of aromatic amines is 1. The van der Waals surface area contributed by atoms with Crippen molar-refractivity contribution in [3.8, 4) is 0 Å². The van der Waals surface area contributed by atoms with Gasteiger partial charge in [0.15, 0.2) is 0 Å². The Balaban J connectivity index is 1.66. The Hall–Kier alpha value is -2.25. The van der Waals surface area contributed by atoms with Crippen LogP contribution < -0.4 is 5.73 Å². The van der Waals surface area contributed by atoms with Crippen LogP contribution in [0.25, 0.3) is 0 Å². The van der Waals surface area contributed by atoms with E-state index in [-0.39, 0.29) is 5.60 Å². The lowest BCUT2D eigenvalue weighted by atomic mass is 9.62. The molecule has 3 atom stereocenters. The summed E-state index contributed by atoms with van der Waals surface area (Å²) in [6.07, 6.45) is 5.22. The molecule has 0 spiro atoms. The summed E-state index contributed by atoms with van der Waals surface area (Å²) in [4.78, 5) is 14.1. The summed E-state index contributed by atoms with van der Waals surface area (Å²) in [7, 11) is 1.80. The number of nitrogens with two attached hydrogens (primary N) is 1. The number of carbonyl (C=O) groups is 1. The molecule has 2 heterocycles. The number of ether oxygens (including phenoxy) is 1. The number of nitrogens with zero attached hydrogens (tertiary/aromatic N) is 3. The van der Waals surface area contributed by atoms with Crippen LogP contribution in [0, 0.1) is 11.8 Å². The minimum absolute atomic E-state index is 0.357. The van der Waals surface area contributed by atoms with Gasteiger partial charge in [0.1, 0.15) is 5.60 Å². The van der Waals surface area contributed by atoms with Gasteiger partial charge in [-0.15, -0.1) is 0 Å². The molecule has 4 rings (SSSR count). The lowest BCUT2D eigenvalue weighted by molar-refractivity contribution is -0.170. The fourth-order valence-electron chi connectivity index (χ4n) is 5.02. The molecule has 2 aliphatic rings. The number of methoxy groups -OCH3 is 1. The van der Waals surface area contributed by atoms with Crippen molar-refractivity contribution in [2.45, 2.75) is 31.4 Å². The molecule has 1 aliphatic heterocycles. The largest absolute Gasteiger partial charge is 0.373 e. The molecule has 1 saturated heterocycles. The fourth-order valence-corrected chi connectivity index (χ4v) is 5.02. The molecular formula is C19H25N5O2. The van der Waals surface area contributed by atoms with Crippen LogP contribution >= 0.6 is 0 Å². The number of H-pyrrole nitrogens is 1. The second-order valence-electron chi connectivity index (χ2n) is 7.42. The lowest BCUT2D eigenvalue weighted by Gasteiger charge is -2.55. The van der Waals surface area contributed by atoms with Crippen molar-refractivity contribution >= 4 is 5.91 Å². The number of hydrogen-bond donors (Lipinski definition) is 2. The highest BCUT2D eigenvalue weighted by Gasteiger charge is 2.53. The number of rotatable bonds is 5. The highest BCUT2D eigenvalue weighted by molar-refractivity contribution is 5.92. The minimum Gasteiger partial charge on any atom is -0.373 e. The van der Waals surface area contributed by atoms with E-state index in [4.69, 9.17) is 10.5 Å². The number of likely N-dealkylation sites (tertiary alicyclic amines) is 1. The molecule has 2 bridgehead atoms. The van der Waals surface area contributed by atoms with Crippen molar-refractivity contribution < 1.29 is 9.53 Å². The number of nitrogens with one attached hydrogen (secondary N) is 1. The summed E-state index contributed by atoms with van der Waals surface area (Å²) < 4.78 is 6.24. The molecule has 1 aliphatic carbocycles. The number of primary amides is 1. The van der Waals surface area contributed by atoms with Crippen LogP contribution in [0.5, 0.6) is 0 Å². The second kappa shape index (κ2) is 6.81. The van der Waals surface area contributed by atoms with E-state index in [9.17, 15) is 4.79 Å². The minimum atomic E-state index is -0.397. The summed E-state index contributed by atoms with van der Waals surface area (Å²) in [5, 5.41) is 10.8. The molecule has 7 heteroatoms. The third-order valence-electron chi connectivity index (χ3n) is 6.06. The van der Waals surface area contributed by atoms with Gasteiger partial charge in [-0.2, -0.15) is 15.4 Å². The average molecular weight is 355 g/mol. The Labute approximate surface area is 152 Å². The molecule has 1 unspecified atom stereocenters. The maximum Gasteiger partial charge on any atom is 0.248 e. The van der Waals surface area contributed by atoms with Crippen LogP contribution in [0.2, 0.25) is 0 Å². The summed E-state index contributed by atoms with van der Waals surface area (Å²) >= 11 is 0. The topological polar surface area (TPSA) is 97.1 Å². The first kappa shape index (κ1) is 17.2. The molecule has 138 valence electrons. The smallest absolute Gasteiger partial charge is 0.248 e. The first-order chi connectivity index (χ1) is 12.6. The van der Waals surface area contributed by atoms with E-state index < -0.39 is 5.91 Å². The van der Waals surface area contributed by atoms with Gasteiger partial charge in [-0.1, -0.05) is 18.6 Å². The molecular weight excluding hydrogens is 330 g/mol. The second-order valence-corrected chi connectivity index (χ2v) is 7.42. The van der Waals surface area contributed by atoms with Gasteiger partial charge in [0, 0.05) is 44.1 Å². The van der Waals surface area contributed by atoms with Crippen LogP contribution in [0.15, 0.2) is 30.5 Å². The monoisotopic (exact) mass is 355 g/mol. The zero-order valence-corrected chi connectivity index (χ0v) is 15.0. The first-order valence-corrected chi connectivity index (χ1v) is 9.16. The van der Waals surface area contributed by atoms with Crippen LogP contribution in [-0.2, 0) is 16.9 Å². The number of fused-ring (bicyclic) bond motifs is 2. The van der Waals surface area contributed by atoms with E-state index in [0.717, 1.165) is 43.7 Å². The third kappa shape index (κ3) is 2.81. The highest BCUT2D eigenvalue weighted by atomic mass is 16.5. The van der Waals surface area contributed by atoms with Gasteiger partial charge in [0.05, 0.1) is 11.9 Å². The Morgan fingerprint density at radius 2 is 2.15 bits per heavy atom. The molecule has 1 saturated carbocycles. The van der Waals surface area contributed by atoms with Crippen LogP contribution in [-0.4, -0.2) is 46.4 Å². The average Bonchev–Trinajstić information content (AvgIpc) is 3.14. The van der Waals surface area contributed by atoms with E-state index in [1.165, 1.54) is 6.42 Å². The summed E-state index contributed by atoms with van der Waals surface area (Å²) in [6.45, 7) is 2.68. The molecule has 2 aromatic rings. The van der Waals surface area contributed by atoms with Crippen LogP contribution in [0.1, 0.15) is 40.9 Å². The highest BCUT2D eigenvalue weighted by Crippen LogP contribution is 2.51. The zero-order valence-electron chi connectivity index (χ0n) is 15.0. The van der Waals surface area contributed by atoms with Crippen LogP contribution in [0.3, 0.4) is 0 Å². The Kier molecular flexibility index (Phi) is 4.50. The number of carbonyl (C=O) groups excluding carboxylic acids is 1. The van der Waals surface area contributed by atoms with Gasteiger partial charge in [-0.3, -0.25) is 9.69 Å². The fraction of sp³-hybridized carbons (Fsp3) is 0.526. The lowest BCUT2D eigenvalue weighted by Crippen LogP contribution is -2.58. The molecule has 7 nitrogen and oxygen atoms in total. The van der Waals surface area contributed by atoms with Crippen molar-refractivity contribution in [2.75, 3.05) is 20.2 Å². The Morgan fingerprint density at radius 3 is 2.77 bits per heavy atom. The number of hydrogen-bond acceptors (Lipinski definition) is 5. The predicted octanol–water partition coefficient (Wildman–Crippen LogP) is 1.68. The zero-order chi connectivity index (χ0) is 18.1. The standard InChI is InChI=1S/C19H25N5O2/c1-26-19(14-5-2-4-13(8-14)18(20)25)15-6-3-7-16(19)11-24(10-15)12-17-9-21-23-22-17/h2,4-5,8-9,15-16H,3,6-7,10-12H2,1H3,(H2,20,25)(H,21,22,23)/t15-,16+,19?. The maximum atomic E-state index is 11.7. The van der Waals surface area contributed by atoms with Gasteiger partial charge >= 0.3 is 0 Å². The van der Waals surface area contributed by atoms with Gasteiger partial charge < -0.3 is 10.5 Å². The molecule has 3 N–H and O–H groups in total. The van der Waals surface area contributed by atoms with Crippen molar-refractivity contribution in [3.05, 3.63) is 47.3 Å². The van der Waals surface area contributed by atoms with Crippen molar-refractivity contribution in [1.29, 1.82) is 0 Å². The number of benzene rings is 1. The van der Waals surface area contributed by atoms with Gasteiger partial charge in [-0.25, -0.2) is 0 Å². The maximum absolute atomic E-state index is 11.7. The quantitative estimate of drug-likeness (QED) is 0.850. The molecule has 26 heavy (non-hydrogen) atoms. The van der Waals surface area contributed by atoms with Crippen molar-refractivity contribution in [2.24, 2.45) is 17.6 Å². The van der Waals surface area contributed by atoms with Gasteiger partial charge in [0.2, 0.25) is 5.91 Å². The van der Waals surface area contributed by atoms with Gasteiger partial charge in [0.25, 0.3) is 0 Å². The van der Waals surface area contributed by atoms with Gasteiger partial charge in [-0.05, 0) is 30.5 Å². The normalized spacial score (nSPS) is 28.8. The number of aromatic nitrogens is 3. The van der Waals surface area contributed by atoms with Crippen molar-refractivity contribution in [1.82, 2.24) is 20.3 Å². The van der Waals surface area contributed by atoms with E-state index in [2.05, 4.69) is 26.4 Å². The summed E-state index contributed by atoms with van der Waals surface area (Å²) in [5.74, 6) is 0.344. The predicted molar refractivity (Wildman–Crippen MR) is 96.1 cm³/mol. The number of piperidine rings is 1. The van der Waals surface area contributed by atoms with Crippen LogP contribution in [0.4, 0.5) is 0 Å². The number of amides is 1. The van der Waals surface area contributed by atoms with E-state index in [1.807, 2.05) is 12.1 Å². The van der Waals surface area contributed by atoms with Crippen molar-refractivity contribution in [3.63, 3.8) is 0 Å². The first-order valence-electron chi connectivity index (χ1n) is 9.16. The summed E-state index contributed by atoms with van der Waals surface area (Å²) in [5.41, 5.74) is 7.73. The van der Waals surface area contributed by atoms with E-state index in [0.29, 0.717) is 17.4 Å². The van der Waals surface area contributed by atoms with E-state index in [1.54, 1.807) is 19.4 Å². The SMILES string of the molecule is COC1(c2cccc(C(N)=O)c2)[C@@H]2CCC[C@H]1CN(Cc1cn[nH]n1)C2. The molecule has 2 fully saturated rings. The Morgan fingerprint density at radius 1 is 1.38 bits per heavy atom. The third-order valence-corrected chi connectivity index (χ3v) is 6.06.